The predicted octanol–water partition coefficient (Wildman–Crippen LogP) is 2.41. The number of nitrogens with zero attached hydrogens (tertiary/aromatic N) is 2. The Morgan fingerprint density at radius 1 is 1.50 bits per heavy atom. The van der Waals surface area contributed by atoms with Crippen molar-refractivity contribution in [3.8, 4) is 0 Å². The van der Waals surface area contributed by atoms with Crippen LogP contribution in [0.25, 0.3) is 0 Å². The molecule has 2 atom stereocenters. The molecule has 0 spiro atoms. The number of carbonyl (C=O) groups excluding carboxylic acids is 1. The SMILES string of the molecule is CC(C)(C)OC(=O)N1CCNCC1C1(Cl)N=C(Cl)NC=C1Cl. The molecule has 1 saturated heterocycles. The lowest BCUT2D eigenvalue weighted by Gasteiger charge is -2.43. The molecule has 2 heterocycles. The van der Waals surface area contributed by atoms with Crippen molar-refractivity contribution in [1.82, 2.24) is 15.5 Å². The van der Waals surface area contributed by atoms with Crippen LogP contribution < -0.4 is 10.6 Å². The largest absolute Gasteiger partial charge is 0.444 e. The van der Waals surface area contributed by atoms with Crippen LogP contribution in [0.1, 0.15) is 20.8 Å². The summed E-state index contributed by atoms with van der Waals surface area (Å²) >= 11 is 18.7. The second-order valence-corrected chi connectivity index (χ2v) is 7.45. The van der Waals surface area contributed by atoms with E-state index in [9.17, 15) is 4.79 Å². The number of ether oxygens (including phenoxy) is 1. The van der Waals surface area contributed by atoms with Crippen molar-refractivity contribution in [3.05, 3.63) is 11.2 Å². The maximum atomic E-state index is 12.5. The van der Waals surface area contributed by atoms with Gasteiger partial charge in [-0.2, -0.15) is 0 Å². The molecular weight excluding hydrogens is 351 g/mol. The van der Waals surface area contributed by atoms with Gasteiger partial charge in [-0.1, -0.05) is 23.2 Å². The summed E-state index contributed by atoms with van der Waals surface area (Å²) in [6.07, 6.45) is 1.03. The molecule has 9 heteroatoms. The number of rotatable bonds is 1. The first kappa shape index (κ1) is 17.7. The molecule has 0 aromatic carbocycles. The lowest BCUT2D eigenvalue weighted by molar-refractivity contribution is 0.00887. The zero-order chi connectivity index (χ0) is 16.5. The summed E-state index contributed by atoms with van der Waals surface area (Å²) in [4.78, 5) is 16.9. The van der Waals surface area contributed by atoms with Crippen LogP contribution in [0, 0.1) is 0 Å². The van der Waals surface area contributed by atoms with Gasteiger partial charge in [-0.3, -0.25) is 4.90 Å². The average Bonchev–Trinajstić information content (AvgIpc) is 2.41. The number of hydrogen-bond donors (Lipinski definition) is 2. The lowest BCUT2D eigenvalue weighted by atomic mass is 10.0. The first-order valence-corrected chi connectivity index (χ1v) is 8.04. The van der Waals surface area contributed by atoms with Gasteiger partial charge in [-0.05, 0) is 32.4 Å². The molecule has 22 heavy (non-hydrogen) atoms. The van der Waals surface area contributed by atoms with Crippen LogP contribution in [0.5, 0.6) is 0 Å². The number of nitrogens with one attached hydrogen (secondary N) is 2. The van der Waals surface area contributed by atoms with Crippen LogP contribution in [0.3, 0.4) is 0 Å². The van der Waals surface area contributed by atoms with Crippen LogP contribution in [-0.4, -0.2) is 52.6 Å². The number of amidine groups is 1. The molecule has 2 rings (SSSR count). The van der Waals surface area contributed by atoms with Gasteiger partial charge in [-0.15, -0.1) is 0 Å². The zero-order valence-electron chi connectivity index (χ0n) is 12.6. The number of aliphatic imine (C=N–C) groups is 1. The zero-order valence-corrected chi connectivity index (χ0v) is 14.9. The summed E-state index contributed by atoms with van der Waals surface area (Å²) in [6, 6.07) is -0.516. The van der Waals surface area contributed by atoms with E-state index in [-0.39, 0.29) is 10.3 Å². The summed E-state index contributed by atoms with van der Waals surface area (Å²) in [5.74, 6) is 0. The molecule has 0 bridgehead atoms. The summed E-state index contributed by atoms with van der Waals surface area (Å²) in [6.45, 7) is 6.94. The molecule has 0 aliphatic carbocycles. The monoisotopic (exact) mass is 368 g/mol. The van der Waals surface area contributed by atoms with Gasteiger partial charge in [0.25, 0.3) is 0 Å². The second-order valence-electron chi connectivity index (χ2n) is 6.11. The topological polar surface area (TPSA) is 66.0 Å². The van der Waals surface area contributed by atoms with Crippen molar-refractivity contribution in [2.75, 3.05) is 19.6 Å². The van der Waals surface area contributed by atoms with E-state index in [1.807, 2.05) is 20.8 Å². The highest BCUT2D eigenvalue weighted by molar-refractivity contribution is 6.65. The third-order valence-electron chi connectivity index (χ3n) is 3.23. The van der Waals surface area contributed by atoms with E-state index in [0.29, 0.717) is 19.6 Å². The fourth-order valence-electron chi connectivity index (χ4n) is 2.27. The molecule has 124 valence electrons. The Kier molecular flexibility index (Phi) is 5.16. The van der Waals surface area contributed by atoms with Crippen LogP contribution in [0.4, 0.5) is 4.79 Å². The van der Waals surface area contributed by atoms with E-state index in [1.54, 1.807) is 4.90 Å². The first-order chi connectivity index (χ1) is 10.1. The molecule has 0 aromatic rings. The van der Waals surface area contributed by atoms with E-state index in [0.717, 1.165) is 0 Å². The van der Waals surface area contributed by atoms with Gasteiger partial charge >= 0.3 is 6.09 Å². The quantitative estimate of drug-likeness (QED) is 0.550. The molecule has 2 unspecified atom stereocenters. The Bertz CT molecular complexity index is 518. The van der Waals surface area contributed by atoms with Crippen molar-refractivity contribution in [1.29, 1.82) is 0 Å². The van der Waals surface area contributed by atoms with Crippen LogP contribution in [0.15, 0.2) is 16.2 Å². The van der Waals surface area contributed by atoms with Crippen molar-refractivity contribution >= 4 is 46.2 Å². The number of piperazine rings is 1. The van der Waals surface area contributed by atoms with Crippen molar-refractivity contribution in [3.63, 3.8) is 0 Å². The van der Waals surface area contributed by atoms with Crippen molar-refractivity contribution in [2.24, 2.45) is 4.99 Å². The number of amides is 1. The van der Waals surface area contributed by atoms with E-state index in [2.05, 4.69) is 15.6 Å². The molecule has 1 amide bonds. The van der Waals surface area contributed by atoms with Gasteiger partial charge < -0.3 is 15.4 Å². The Morgan fingerprint density at radius 3 is 2.82 bits per heavy atom. The van der Waals surface area contributed by atoms with E-state index < -0.39 is 22.7 Å². The van der Waals surface area contributed by atoms with E-state index in [4.69, 9.17) is 39.5 Å². The average molecular weight is 370 g/mol. The van der Waals surface area contributed by atoms with Gasteiger partial charge in [0.15, 0.2) is 10.3 Å². The molecule has 0 radical (unpaired) electrons. The van der Waals surface area contributed by atoms with Crippen LogP contribution in [-0.2, 0) is 4.74 Å². The number of carbonyl (C=O) groups is 1. The standard InChI is InChI=1S/C13H19Cl3N4O2/c1-12(2,3)22-11(21)20-5-4-17-7-9(20)13(16)8(14)6-18-10(15)19-13/h6,9,17H,4-5,7H2,1-3H3,(H,18,19). The maximum absolute atomic E-state index is 12.5. The Labute approximate surface area is 144 Å². The smallest absolute Gasteiger partial charge is 0.410 e. The minimum absolute atomic E-state index is 0.120. The number of halogens is 3. The van der Waals surface area contributed by atoms with E-state index >= 15 is 0 Å². The summed E-state index contributed by atoms with van der Waals surface area (Å²) in [5, 5.41) is 6.26. The molecule has 2 aliphatic rings. The Morgan fingerprint density at radius 2 is 2.18 bits per heavy atom. The fourth-order valence-corrected chi connectivity index (χ4v) is 3.06. The second kappa shape index (κ2) is 6.43. The van der Waals surface area contributed by atoms with Crippen molar-refractivity contribution < 1.29 is 9.53 Å². The third kappa shape index (κ3) is 3.79. The van der Waals surface area contributed by atoms with Gasteiger partial charge in [0.2, 0.25) is 0 Å². The summed E-state index contributed by atoms with van der Waals surface area (Å²) < 4.78 is 5.45. The minimum atomic E-state index is -1.34. The highest BCUT2D eigenvalue weighted by Crippen LogP contribution is 2.38. The number of alkyl halides is 1. The molecule has 0 aromatic heterocycles. The Hall–Kier alpha value is -0.690. The highest BCUT2D eigenvalue weighted by Gasteiger charge is 2.48. The minimum Gasteiger partial charge on any atom is -0.444 e. The normalized spacial score (nSPS) is 29.4. The van der Waals surface area contributed by atoms with Gasteiger partial charge in [0.05, 0.1) is 11.1 Å². The molecule has 2 N–H and O–H groups in total. The van der Waals surface area contributed by atoms with Gasteiger partial charge in [0.1, 0.15) is 5.60 Å². The molecule has 1 fully saturated rings. The predicted molar refractivity (Wildman–Crippen MR) is 88.5 cm³/mol. The first-order valence-electron chi connectivity index (χ1n) is 6.91. The fraction of sp³-hybridized carbons (Fsp3) is 0.692. The summed E-state index contributed by atoms with van der Waals surface area (Å²) in [7, 11) is 0. The Balaban J connectivity index is 2.28. The van der Waals surface area contributed by atoms with Crippen LogP contribution in [0.2, 0.25) is 0 Å². The third-order valence-corrected chi connectivity index (χ3v) is 4.45. The molecule has 6 nitrogen and oxygen atoms in total. The molecule has 2 aliphatic heterocycles. The highest BCUT2D eigenvalue weighted by atomic mass is 35.5. The van der Waals surface area contributed by atoms with E-state index in [1.165, 1.54) is 6.20 Å². The van der Waals surface area contributed by atoms with Gasteiger partial charge in [-0.25, -0.2) is 9.79 Å². The number of hydrogen-bond acceptors (Lipinski definition) is 5. The van der Waals surface area contributed by atoms with Crippen molar-refractivity contribution in [2.45, 2.75) is 37.4 Å². The molecular formula is C13H19Cl3N4O2. The lowest BCUT2D eigenvalue weighted by Crippen LogP contribution is -2.62. The van der Waals surface area contributed by atoms with Gasteiger partial charge in [0, 0.05) is 25.8 Å². The summed E-state index contributed by atoms with van der Waals surface area (Å²) in [5.41, 5.74) is -0.597. The molecule has 0 saturated carbocycles. The van der Waals surface area contributed by atoms with Crippen LogP contribution >= 0.6 is 34.8 Å². The maximum Gasteiger partial charge on any atom is 0.410 e.